The SMILES string of the molecule is CC(C)n1cc(NC2CCN(c3ccncc3)CC2)cn1. The number of anilines is 2. The molecule has 1 fully saturated rings. The topological polar surface area (TPSA) is 46.0 Å². The van der Waals surface area contributed by atoms with Crippen molar-refractivity contribution < 1.29 is 0 Å². The molecule has 3 heterocycles. The second-order valence-electron chi connectivity index (χ2n) is 5.91. The normalized spacial score (nSPS) is 16.4. The van der Waals surface area contributed by atoms with Gasteiger partial charge >= 0.3 is 0 Å². The van der Waals surface area contributed by atoms with Crippen LogP contribution in [0, 0.1) is 0 Å². The summed E-state index contributed by atoms with van der Waals surface area (Å²) in [5, 5.41) is 7.99. The van der Waals surface area contributed by atoms with E-state index in [1.54, 1.807) is 0 Å². The van der Waals surface area contributed by atoms with Crippen molar-refractivity contribution in [2.75, 3.05) is 23.3 Å². The number of rotatable bonds is 4. The zero-order valence-corrected chi connectivity index (χ0v) is 12.7. The van der Waals surface area contributed by atoms with E-state index in [9.17, 15) is 0 Å². The highest BCUT2D eigenvalue weighted by Crippen LogP contribution is 2.21. The first kappa shape index (κ1) is 13.9. The van der Waals surface area contributed by atoms with E-state index < -0.39 is 0 Å². The number of hydrogen-bond donors (Lipinski definition) is 1. The van der Waals surface area contributed by atoms with Crippen molar-refractivity contribution in [1.82, 2.24) is 14.8 Å². The monoisotopic (exact) mass is 285 g/mol. The van der Waals surface area contributed by atoms with Crippen LogP contribution in [0.5, 0.6) is 0 Å². The lowest BCUT2D eigenvalue weighted by atomic mass is 10.0. The van der Waals surface area contributed by atoms with Crippen molar-refractivity contribution in [3.63, 3.8) is 0 Å². The molecule has 0 spiro atoms. The molecule has 112 valence electrons. The summed E-state index contributed by atoms with van der Waals surface area (Å²) in [7, 11) is 0. The van der Waals surface area contributed by atoms with Crippen molar-refractivity contribution in [2.24, 2.45) is 0 Å². The quantitative estimate of drug-likeness (QED) is 0.938. The summed E-state index contributed by atoms with van der Waals surface area (Å²) in [5.74, 6) is 0. The highest BCUT2D eigenvalue weighted by Gasteiger charge is 2.19. The first-order valence-corrected chi connectivity index (χ1v) is 7.68. The Bertz CT molecular complexity index is 555. The van der Waals surface area contributed by atoms with Crippen LogP contribution in [0.3, 0.4) is 0 Å². The number of hydrogen-bond acceptors (Lipinski definition) is 4. The van der Waals surface area contributed by atoms with Gasteiger partial charge in [-0.1, -0.05) is 0 Å². The molecule has 0 amide bonds. The summed E-state index contributed by atoms with van der Waals surface area (Å²) < 4.78 is 1.99. The second-order valence-corrected chi connectivity index (χ2v) is 5.91. The van der Waals surface area contributed by atoms with E-state index in [-0.39, 0.29) is 0 Å². The molecule has 0 atom stereocenters. The summed E-state index contributed by atoms with van der Waals surface area (Å²) in [4.78, 5) is 6.51. The average molecular weight is 285 g/mol. The zero-order valence-electron chi connectivity index (χ0n) is 12.7. The summed E-state index contributed by atoms with van der Waals surface area (Å²) in [6.07, 6.45) is 10.0. The average Bonchev–Trinajstić information content (AvgIpc) is 2.98. The van der Waals surface area contributed by atoms with Crippen molar-refractivity contribution in [3.05, 3.63) is 36.9 Å². The molecule has 5 heteroatoms. The van der Waals surface area contributed by atoms with Crippen LogP contribution in [0.4, 0.5) is 11.4 Å². The van der Waals surface area contributed by atoms with Gasteiger partial charge in [0.2, 0.25) is 0 Å². The van der Waals surface area contributed by atoms with E-state index in [0.29, 0.717) is 12.1 Å². The summed E-state index contributed by atoms with van der Waals surface area (Å²) in [6, 6.07) is 5.11. The Balaban J connectivity index is 1.54. The highest BCUT2D eigenvalue weighted by molar-refractivity contribution is 5.46. The van der Waals surface area contributed by atoms with Gasteiger partial charge in [-0.3, -0.25) is 9.67 Å². The molecule has 0 aromatic carbocycles. The molecule has 2 aromatic heterocycles. The van der Waals surface area contributed by atoms with Gasteiger partial charge < -0.3 is 10.2 Å². The van der Waals surface area contributed by atoms with Crippen LogP contribution in [-0.2, 0) is 0 Å². The Kier molecular flexibility index (Phi) is 4.08. The third-order valence-electron chi connectivity index (χ3n) is 4.02. The molecule has 0 saturated carbocycles. The maximum absolute atomic E-state index is 4.38. The van der Waals surface area contributed by atoms with Crippen LogP contribution in [0.1, 0.15) is 32.7 Å². The highest BCUT2D eigenvalue weighted by atomic mass is 15.3. The van der Waals surface area contributed by atoms with Crippen LogP contribution in [-0.4, -0.2) is 33.9 Å². The van der Waals surface area contributed by atoms with Gasteiger partial charge in [0.25, 0.3) is 0 Å². The molecule has 5 nitrogen and oxygen atoms in total. The lowest BCUT2D eigenvalue weighted by Crippen LogP contribution is -2.39. The van der Waals surface area contributed by atoms with Crippen molar-refractivity contribution in [2.45, 2.75) is 38.8 Å². The molecule has 0 aliphatic carbocycles. The molecule has 1 aliphatic heterocycles. The van der Waals surface area contributed by atoms with Crippen molar-refractivity contribution >= 4 is 11.4 Å². The minimum Gasteiger partial charge on any atom is -0.380 e. The molecule has 1 N–H and O–H groups in total. The van der Waals surface area contributed by atoms with Gasteiger partial charge in [-0.15, -0.1) is 0 Å². The molecule has 2 aromatic rings. The molecule has 21 heavy (non-hydrogen) atoms. The molecule has 1 saturated heterocycles. The minimum absolute atomic E-state index is 0.411. The first-order chi connectivity index (χ1) is 10.2. The fraction of sp³-hybridized carbons (Fsp3) is 0.500. The summed E-state index contributed by atoms with van der Waals surface area (Å²) in [5.41, 5.74) is 2.40. The van der Waals surface area contributed by atoms with E-state index in [1.807, 2.05) is 23.3 Å². The number of aromatic nitrogens is 3. The van der Waals surface area contributed by atoms with Gasteiger partial charge in [0.1, 0.15) is 0 Å². The van der Waals surface area contributed by atoms with Gasteiger partial charge in [-0.25, -0.2) is 0 Å². The number of nitrogens with zero attached hydrogens (tertiary/aromatic N) is 4. The molecular weight excluding hydrogens is 262 g/mol. The predicted molar refractivity (Wildman–Crippen MR) is 85.7 cm³/mol. The summed E-state index contributed by atoms with van der Waals surface area (Å²) in [6.45, 7) is 6.45. The molecule has 1 aliphatic rings. The lowest BCUT2D eigenvalue weighted by molar-refractivity contribution is 0.524. The Morgan fingerprint density at radius 1 is 1.19 bits per heavy atom. The Hall–Kier alpha value is -2.04. The van der Waals surface area contributed by atoms with E-state index >= 15 is 0 Å². The van der Waals surface area contributed by atoms with Crippen LogP contribution >= 0.6 is 0 Å². The third-order valence-corrected chi connectivity index (χ3v) is 4.02. The molecule has 3 rings (SSSR count). The molecule has 0 radical (unpaired) electrons. The number of pyridine rings is 1. The van der Waals surface area contributed by atoms with Gasteiger partial charge in [-0.2, -0.15) is 5.10 Å². The smallest absolute Gasteiger partial charge is 0.0728 e. The molecule has 0 unspecified atom stereocenters. The van der Waals surface area contributed by atoms with Crippen LogP contribution < -0.4 is 10.2 Å². The number of nitrogens with one attached hydrogen (secondary N) is 1. The fourth-order valence-corrected chi connectivity index (χ4v) is 2.77. The van der Waals surface area contributed by atoms with Gasteiger partial charge in [0.05, 0.1) is 11.9 Å². The van der Waals surface area contributed by atoms with Crippen molar-refractivity contribution in [3.8, 4) is 0 Å². The van der Waals surface area contributed by atoms with E-state index in [0.717, 1.165) is 31.6 Å². The maximum atomic E-state index is 4.38. The largest absolute Gasteiger partial charge is 0.380 e. The molecule has 0 bridgehead atoms. The van der Waals surface area contributed by atoms with Crippen LogP contribution in [0.2, 0.25) is 0 Å². The Labute approximate surface area is 126 Å². The maximum Gasteiger partial charge on any atom is 0.0728 e. The zero-order chi connectivity index (χ0) is 14.7. The molecular formula is C16H23N5. The van der Waals surface area contributed by atoms with Crippen LogP contribution in [0.15, 0.2) is 36.9 Å². The fourth-order valence-electron chi connectivity index (χ4n) is 2.77. The number of piperidine rings is 1. The second kappa shape index (κ2) is 6.16. The minimum atomic E-state index is 0.411. The Morgan fingerprint density at radius 3 is 2.52 bits per heavy atom. The summed E-state index contributed by atoms with van der Waals surface area (Å²) >= 11 is 0. The Morgan fingerprint density at radius 2 is 1.90 bits per heavy atom. The van der Waals surface area contributed by atoms with Crippen LogP contribution in [0.25, 0.3) is 0 Å². The van der Waals surface area contributed by atoms with Crippen molar-refractivity contribution in [1.29, 1.82) is 0 Å². The first-order valence-electron chi connectivity index (χ1n) is 7.68. The third kappa shape index (κ3) is 3.35. The lowest BCUT2D eigenvalue weighted by Gasteiger charge is -2.34. The van der Waals surface area contributed by atoms with E-state index in [2.05, 4.69) is 52.5 Å². The predicted octanol–water partition coefficient (Wildman–Crippen LogP) is 2.94. The van der Waals surface area contributed by atoms with Gasteiger partial charge in [0, 0.05) is 49.5 Å². The van der Waals surface area contributed by atoms with E-state index in [1.165, 1.54) is 5.69 Å². The van der Waals surface area contributed by atoms with Gasteiger partial charge in [0.15, 0.2) is 0 Å². The standard InChI is InChI=1S/C16H23N5/c1-13(2)21-12-15(11-18-21)19-14-5-9-20(10-6-14)16-3-7-17-8-4-16/h3-4,7-8,11-14,19H,5-6,9-10H2,1-2H3. The van der Waals surface area contributed by atoms with Gasteiger partial charge in [-0.05, 0) is 38.8 Å². The van der Waals surface area contributed by atoms with E-state index in [4.69, 9.17) is 0 Å².